The molecule has 1 aromatic carbocycles. The number of alkyl halides is 1. The molecule has 3 aromatic rings. The highest BCUT2D eigenvalue weighted by Gasteiger charge is 2.40. The van der Waals surface area contributed by atoms with E-state index >= 15 is 0 Å². The van der Waals surface area contributed by atoms with Crippen molar-refractivity contribution in [2.45, 2.75) is 53.8 Å². The standard InChI is InChI=1S/C28H35FN6O3.C7H9BrN2/c1-17(37)26(30)24-7-20(22-9-31-18(2)32-10-22)6-21(8-29)27(24)33-11-25(38)35-13-19(5-23(35)14-36)12-34-15-28(3,4)16-34;1-5-3-4-6(8)10-7(5)9-2/h6-7,9-10,14,19,23,30,33H,5,8,11-13,15-16H2,1-4H3;3-4H,1-2H3,(H,9,10). The van der Waals surface area contributed by atoms with Gasteiger partial charge < -0.3 is 25.2 Å². The Morgan fingerprint density at radius 1 is 1.15 bits per heavy atom. The predicted octanol–water partition coefficient (Wildman–Crippen LogP) is 5.24. The number of pyridine rings is 1. The van der Waals surface area contributed by atoms with Crippen molar-refractivity contribution in [3.8, 4) is 11.1 Å². The van der Waals surface area contributed by atoms with Crippen LogP contribution >= 0.6 is 15.9 Å². The van der Waals surface area contributed by atoms with E-state index in [9.17, 15) is 18.8 Å². The molecule has 2 saturated heterocycles. The number of aromatic nitrogens is 3. The molecule has 2 unspecified atom stereocenters. The number of carbonyl (C=O) groups excluding carboxylic acids is 3. The van der Waals surface area contributed by atoms with E-state index in [0.717, 1.165) is 41.9 Å². The van der Waals surface area contributed by atoms with E-state index in [0.29, 0.717) is 35.3 Å². The Morgan fingerprint density at radius 3 is 2.40 bits per heavy atom. The van der Waals surface area contributed by atoms with Gasteiger partial charge in [0.15, 0.2) is 5.78 Å². The van der Waals surface area contributed by atoms with Gasteiger partial charge >= 0.3 is 0 Å². The Kier molecular flexibility index (Phi) is 12.1. The topological polar surface area (TPSA) is 144 Å². The molecule has 2 aliphatic heterocycles. The van der Waals surface area contributed by atoms with E-state index in [1.807, 2.05) is 26.1 Å². The number of likely N-dealkylation sites (tertiary alicyclic amines) is 2. The van der Waals surface area contributed by atoms with Crippen LogP contribution < -0.4 is 10.6 Å². The molecule has 0 radical (unpaired) electrons. The fourth-order valence-corrected chi connectivity index (χ4v) is 6.61. The summed E-state index contributed by atoms with van der Waals surface area (Å²) < 4.78 is 15.1. The molecular weight excluding hydrogens is 679 g/mol. The van der Waals surface area contributed by atoms with Crippen molar-refractivity contribution in [2.24, 2.45) is 11.3 Å². The summed E-state index contributed by atoms with van der Waals surface area (Å²) in [5.41, 5.74) is 2.98. The van der Waals surface area contributed by atoms with Gasteiger partial charge in [-0.1, -0.05) is 19.9 Å². The molecule has 0 saturated carbocycles. The van der Waals surface area contributed by atoms with Crippen LogP contribution in [-0.4, -0.2) is 94.3 Å². The van der Waals surface area contributed by atoms with Crippen molar-refractivity contribution in [1.82, 2.24) is 24.8 Å². The zero-order valence-electron chi connectivity index (χ0n) is 28.4. The third kappa shape index (κ3) is 9.07. The maximum atomic E-state index is 14.2. The molecule has 3 N–H and O–H groups in total. The molecule has 256 valence electrons. The molecule has 1 amide bonds. The molecule has 13 heteroatoms. The Balaban J connectivity index is 0.000000445. The highest BCUT2D eigenvalue weighted by molar-refractivity contribution is 9.10. The van der Waals surface area contributed by atoms with E-state index in [1.54, 1.807) is 36.4 Å². The third-order valence-electron chi connectivity index (χ3n) is 8.54. The van der Waals surface area contributed by atoms with Crippen molar-refractivity contribution in [3.63, 3.8) is 0 Å². The quantitative estimate of drug-likeness (QED) is 0.138. The number of amides is 1. The number of benzene rings is 1. The summed E-state index contributed by atoms with van der Waals surface area (Å²) in [6.45, 7) is 11.8. The number of Topliss-reactive ketones (excluding diaryl/α,β-unsaturated/α-hetero) is 1. The summed E-state index contributed by atoms with van der Waals surface area (Å²) in [5.74, 6) is 0.951. The molecule has 4 heterocycles. The van der Waals surface area contributed by atoms with Gasteiger partial charge in [0.2, 0.25) is 5.91 Å². The molecule has 2 atom stereocenters. The largest absolute Gasteiger partial charge is 0.375 e. The molecular formula is C35H44BrFN8O3. The van der Waals surface area contributed by atoms with Crippen LogP contribution in [0.2, 0.25) is 0 Å². The minimum Gasteiger partial charge on any atom is -0.375 e. The number of aryl methyl sites for hydroxylation is 2. The van der Waals surface area contributed by atoms with Gasteiger partial charge in [-0.15, -0.1) is 0 Å². The number of nitrogens with zero attached hydrogens (tertiary/aromatic N) is 5. The maximum absolute atomic E-state index is 14.2. The van der Waals surface area contributed by atoms with Gasteiger partial charge in [-0.2, -0.15) is 0 Å². The molecule has 11 nitrogen and oxygen atoms in total. The number of halogens is 2. The van der Waals surface area contributed by atoms with E-state index < -0.39 is 18.5 Å². The zero-order chi connectivity index (χ0) is 35.2. The van der Waals surface area contributed by atoms with E-state index in [4.69, 9.17) is 5.41 Å². The lowest BCUT2D eigenvalue weighted by molar-refractivity contribution is -0.132. The van der Waals surface area contributed by atoms with Crippen LogP contribution in [0, 0.1) is 30.6 Å². The van der Waals surface area contributed by atoms with Gasteiger partial charge in [-0.3, -0.25) is 15.0 Å². The first kappa shape index (κ1) is 36.7. The van der Waals surface area contributed by atoms with Crippen molar-refractivity contribution < 1.29 is 18.8 Å². The Bertz CT molecular complexity index is 1660. The summed E-state index contributed by atoms with van der Waals surface area (Å²) in [6, 6.07) is 6.66. The smallest absolute Gasteiger partial charge is 0.242 e. The van der Waals surface area contributed by atoms with Gasteiger partial charge in [0.05, 0.1) is 18.3 Å². The lowest BCUT2D eigenvalue weighted by Gasteiger charge is -2.46. The van der Waals surface area contributed by atoms with Crippen LogP contribution in [0.3, 0.4) is 0 Å². The molecule has 0 aliphatic carbocycles. The molecule has 2 aliphatic rings. The second kappa shape index (κ2) is 15.9. The first-order valence-electron chi connectivity index (χ1n) is 15.9. The number of aldehydes is 1. The van der Waals surface area contributed by atoms with E-state index in [-0.39, 0.29) is 40.9 Å². The third-order valence-corrected chi connectivity index (χ3v) is 8.98. The van der Waals surface area contributed by atoms with Crippen LogP contribution in [0.15, 0.2) is 41.3 Å². The zero-order valence-corrected chi connectivity index (χ0v) is 29.9. The minimum absolute atomic E-state index is 0.189. The lowest BCUT2D eigenvalue weighted by atomic mass is 9.83. The summed E-state index contributed by atoms with van der Waals surface area (Å²) in [4.78, 5) is 53.6. The predicted molar refractivity (Wildman–Crippen MR) is 189 cm³/mol. The van der Waals surface area contributed by atoms with Gasteiger partial charge in [0.25, 0.3) is 0 Å². The molecule has 0 spiro atoms. The average molecular weight is 724 g/mol. The number of anilines is 2. The van der Waals surface area contributed by atoms with Crippen LogP contribution in [0.1, 0.15) is 49.7 Å². The molecule has 48 heavy (non-hydrogen) atoms. The minimum atomic E-state index is -0.871. The van der Waals surface area contributed by atoms with Gasteiger partial charge in [0, 0.05) is 69.2 Å². The first-order chi connectivity index (χ1) is 22.7. The summed E-state index contributed by atoms with van der Waals surface area (Å²) in [6.07, 6.45) is 4.64. The van der Waals surface area contributed by atoms with E-state index in [2.05, 4.69) is 60.3 Å². The van der Waals surface area contributed by atoms with Crippen LogP contribution in [0.25, 0.3) is 11.1 Å². The number of ketones is 1. The highest BCUT2D eigenvalue weighted by Crippen LogP contribution is 2.33. The number of carbonyl (C=O) groups is 3. The molecule has 2 aromatic heterocycles. The van der Waals surface area contributed by atoms with Crippen molar-refractivity contribution in [1.29, 1.82) is 5.41 Å². The molecule has 2 fully saturated rings. The monoisotopic (exact) mass is 722 g/mol. The number of nitrogens with one attached hydrogen (secondary N) is 3. The van der Waals surface area contributed by atoms with Crippen LogP contribution in [0.5, 0.6) is 0 Å². The number of rotatable bonds is 11. The highest BCUT2D eigenvalue weighted by atomic mass is 79.9. The number of hydrogen-bond donors (Lipinski definition) is 3. The SMILES string of the molecule is CC(=O)C(=N)c1cc(-c2cnc(C)nc2)cc(CF)c1NCC(=O)N1CC(CN2CC(C)(C)C2)CC1C=O.CNc1nc(Br)ccc1C. The Labute approximate surface area is 289 Å². The van der Waals surface area contributed by atoms with Gasteiger partial charge in [0.1, 0.15) is 34.9 Å². The van der Waals surface area contributed by atoms with Crippen LogP contribution in [0.4, 0.5) is 15.9 Å². The van der Waals surface area contributed by atoms with Crippen LogP contribution in [-0.2, 0) is 21.1 Å². The maximum Gasteiger partial charge on any atom is 0.242 e. The first-order valence-corrected chi connectivity index (χ1v) is 16.7. The second-order valence-corrected chi connectivity index (χ2v) is 14.0. The average Bonchev–Trinajstić information content (AvgIpc) is 3.46. The normalized spacial score (nSPS) is 18.3. The lowest BCUT2D eigenvalue weighted by Crippen LogP contribution is -2.54. The molecule has 5 rings (SSSR count). The van der Waals surface area contributed by atoms with Crippen molar-refractivity contribution in [3.05, 3.63) is 63.8 Å². The summed E-state index contributed by atoms with van der Waals surface area (Å²) >= 11 is 3.29. The summed E-state index contributed by atoms with van der Waals surface area (Å²) in [5, 5.41) is 14.3. The van der Waals surface area contributed by atoms with Crippen molar-refractivity contribution in [2.75, 3.05) is 50.4 Å². The van der Waals surface area contributed by atoms with Gasteiger partial charge in [-0.25, -0.2) is 19.3 Å². The second-order valence-electron chi connectivity index (χ2n) is 13.2. The number of hydrogen-bond acceptors (Lipinski definition) is 10. The Hall–Kier alpha value is -4.10. The Morgan fingerprint density at radius 2 is 1.83 bits per heavy atom. The van der Waals surface area contributed by atoms with Gasteiger partial charge in [-0.05, 0) is 76.9 Å². The molecule has 0 bridgehead atoms. The van der Waals surface area contributed by atoms with E-state index in [1.165, 1.54) is 6.92 Å². The summed E-state index contributed by atoms with van der Waals surface area (Å²) in [7, 11) is 1.86. The fourth-order valence-electron chi connectivity index (χ4n) is 6.30. The van der Waals surface area contributed by atoms with Crippen molar-refractivity contribution >= 4 is 51.1 Å². The fraction of sp³-hybridized carbons (Fsp3) is 0.457.